The largest absolute Gasteiger partial charge is 0.496 e. The number of hydrogen-bond donors (Lipinski definition) is 1. The van der Waals surface area contributed by atoms with E-state index >= 15 is 0 Å². The van der Waals surface area contributed by atoms with Crippen LogP contribution in [0.5, 0.6) is 5.75 Å². The van der Waals surface area contributed by atoms with Gasteiger partial charge in [-0.25, -0.2) is 4.39 Å². The highest BCUT2D eigenvalue weighted by Gasteiger charge is 2.00. The molecule has 1 rings (SSSR count). The second kappa shape index (κ2) is 6.19. The molecule has 15 heavy (non-hydrogen) atoms. The molecule has 1 aromatic carbocycles. The Balaban J connectivity index is 2.73. The molecular weight excluding hydrogens is 193 g/mol. The second-order valence-electron chi connectivity index (χ2n) is 3.18. The Morgan fingerprint density at radius 3 is 2.93 bits per heavy atom. The van der Waals surface area contributed by atoms with Crippen molar-refractivity contribution in [2.75, 3.05) is 20.7 Å². The number of ether oxygens (including phenoxy) is 1. The second-order valence-corrected chi connectivity index (χ2v) is 3.18. The molecule has 0 radical (unpaired) electrons. The number of nitrogens with one attached hydrogen (secondary N) is 1. The predicted molar refractivity (Wildman–Crippen MR) is 60.5 cm³/mol. The van der Waals surface area contributed by atoms with Crippen LogP contribution in [0, 0.1) is 5.82 Å². The van der Waals surface area contributed by atoms with Crippen molar-refractivity contribution < 1.29 is 9.13 Å². The lowest BCUT2D eigenvalue weighted by Gasteiger charge is -2.04. The zero-order valence-electron chi connectivity index (χ0n) is 9.09. The zero-order chi connectivity index (χ0) is 11.1. The third-order valence-electron chi connectivity index (χ3n) is 2.05. The molecule has 3 heteroatoms. The van der Waals surface area contributed by atoms with Crippen LogP contribution in [0.25, 0.3) is 6.08 Å². The first kappa shape index (κ1) is 11.7. The van der Waals surface area contributed by atoms with Crippen molar-refractivity contribution in [3.05, 3.63) is 35.7 Å². The zero-order valence-corrected chi connectivity index (χ0v) is 9.09. The van der Waals surface area contributed by atoms with Gasteiger partial charge in [-0.3, -0.25) is 0 Å². The van der Waals surface area contributed by atoms with Gasteiger partial charge < -0.3 is 10.1 Å². The van der Waals surface area contributed by atoms with Gasteiger partial charge in [0.15, 0.2) is 0 Å². The first-order valence-corrected chi connectivity index (χ1v) is 4.92. The average Bonchev–Trinajstić information content (AvgIpc) is 2.25. The summed E-state index contributed by atoms with van der Waals surface area (Å²) in [4.78, 5) is 0. The Hall–Kier alpha value is -1.35. The quantitative estimate of drug-likeness (QED) is 0.752. The predicted octanol–water partition coefficient (Wildman–Crippen LogP) is 2.46. The van der Waals surface area contributed by atoms with Gasteiger partial charge in [0.2, 0.25) is 0 Å². The summed E-state index contributed by atoms with van der Waals surface area (Å²) in [5.41, 5.74) is 0.772. The smallest absolute Gasteiger partial charge is 0.126 e. The maximum absolute atomic E-state index is 13.0. The van der Waals surface area contributed by atoms with Crippen molar-refractivity contribution in [2.24, 2.45) is 0 Å². The van der Waals surface area contributed by atoms with Crippen LogP contribution in [-0.2, 0) is 0 Å². The highest BCUT2D eigenvalue weighted by atomic mass is 19.1. The Bertz CT molecular complexity index is 336. The summed E-state index contributed by atoms with van der Waals surface area (Å²) in [6, 6.07) is 4.49. The highest BCUT2D eigenvalue weighted by Crippen LogP contribution is 2.20. The Labute approximate surface area is 89.8 Å². The Morgan fingerprint density at radius 2 is 2.27 bits per heavy atom. The lowest BCUT2D eigenvalue weighted by Crippen LogP contribution is -2.05. The molecule has 0 amide bonds. The van der Waals surface area contributed by atoms with Crippen LogP contribution in [0.3, 0.4) is 0 Å². The molecule has 0 bridgehead atoms. The summed E-state index contributed by atoms with van der Waals surface area (Å²) in [6.45, 7) is 0.911. The maximum Gasteiger partial charge on any atom is 0.126 e. The molecule has 0 aliphatic rings. The molecule has 0 aliphatic carbocycles. The van der Waals surface area contributed by atoms with E-state index in [1.807, 2.05) is 19.2 Å². The Morgan fingerprint density at radius 1 is 1.47 bits per heavy atom. The summed E-state index contributed by atoms with van der Waals surface area (Å²) in [5.74, 6) is 0.446. The van der Waals surface area contributed by atoms with Gasteiger partial charge in [0.05, 0.1) is 7.11 Å². The first-order valence-electron chi connectivity index (χ1n) is 4.92. The maximum atomic E-state index is 13.0. The van der Waals surface area contributed by atoms with Crippen molar-refractivity contribution in [3.8, 4) is 5.75 Å². The van der Waals surface area contributed by atoms with Gasteiger partial charge in [-0.1, -0.05) is 12.2 Å². The van der Waals surface area contributed by atoms with E-state index in [9.17, 15) is 4.39 Å². The van der Waals surface area contributed by atoms with Crippen LogP contribution < -0.4 is 10.1 Å². The molecule has 0 heterocycles. The first-order chi connectivity index (χ1) is 7.27. The fourth-order valence-corrected chi connectivity index (χ4v) is 1.27. The van der Waals surface area contributed by atoms with Gasteiger partial charge in [0.1, 0.15) is 11.6 Å². The fraction of sp³-hybridized carbons (Fsp3) is 0.333. The van der Waals surface area contributed by atoms with Gasteiger partial charge in [0, 0.05) is 5.56 Å². The molecule has 0 unspecified atom stereocenters. The minimum atomic E-state index is -0.246. The minimum Gasteiger partial charge on any atom is -0.496 e. The molecule has 0 atom stereocenters. The van der Waals surface area contributed by atoms with E-state index in [2.05, 4.69) is 5.32 Å². The Kier molecular flexibility index (Phi) is 4.84. The molecule has 1 aromatic rings. The van der Waals surface area contributed by atoms with E-state index in [4.69, 9.17) is 4.74 Å². The summed E-state index contributed by atoms with van der Waals surface area (Å²) in [5, 5.41) is 3.04. The van der Waals surface area contributed by atoms with E-state index in [0.717, 1.165) is 18.5 Å². The lowest BCUT2D eigenvalue weighted by molar-refractivity contribution is 0.412. The summed E-state index contributed by atoms with van der Waals surface area (Å²) in [6.07, 6.45) is 4.78. The molecule has 0 fully saturated rings. The number of benzene rings is 1. The van der Waals surface area contributed by atoms with Crippen LogP contribution >= 0.6 is 0 Å². The third kappa shape index (κ3) is 3.72. The number of hydrogen-bond acceptors (Lipinski definition) is 2. The van der Waals surface area contributed by atoms with Gasteiger partial charge in [-0.05, 0) is 38.2 Å². The van der Waals surface area contributed by atoms with E-state index < -0.39 is 0 Å². The van der Waals surface area contributed by atoms with E-state index in [1.165, 1.54) is 12.1 Å². The fourth-order valence-electron chi connectivity index (χ4n) is 1.27. The van der Waals surface area contributed by atoms with Crippen LogP contribution in [0.2, 0.25) is 0 Å². The summed E-state index contributed by atoms with van der Waals surface area (Å²) >= 11 is 0. The standard InChI is InChI=1S/C12H16FNO/c1-14-8-4-3-5-10-9-11(13)6-7-12(10)15-2/h3,5-7,9,14H,4,8H2,1-2H3. The third-order valence-corrected chi connectivity index (χ3v) is 2.05. The van der Waals surface area contributed by atoms with Gasteiger partial charge in [0.25, 0.3) is 0 Å². The van der Waals surface area contributed by atoms with E-state index in [-0.39, 0.29) is 5.82 Å². The molecule has 0 saturated carbocycles. The van der Waals surface area contributed by atoms with Crippen LogP contribution in [0.1, 0.15) is 12.0 Å². The van der Waals surface area contributed by atoms with E-state index in [1.54, 1.807) is 13.2 Å². The number of rotatable bonds is 5. The molecule has 82 valence electrons. The summed E-state index contributed by atoms with van der Waals surface area (Å²) in [7, 11) is 3.48. The van der Waals surface area contributed by atoms with Crippen molar-refractivity contribution >= 4 is 6.08 Å². The van der Waals surface area contributed by atoms with Gasteiger partial charge >= 0.3 is 0 Å². The molecule has 0 aliphatic heterocycles. The minimum absolute atomic E-state index is 0.246. The molecule has 0 spiro atoms. The topological polar surface area (TPSA) is 21.3 Å². The van der Waals surface area contributed by atoms with Gasteiger partial charge in [-0.15, -0.1) is 0 Å². The number of halogens is 1. The van der Waals surface area contributed by atoms with E-state index in [0.29, 0.717) is 5.75 Å². The lowest BCUT2D eigenvalue weighted by atomic mass is 10.1. The van der Waals surface area contributed by atoms with Crippen LogP contribution in [0.4, 0.5) is 4.39 Å². The highest BCUT2D eigenvalue weighted by molar-refractivity contribution is 5.57. The molecule has 1 N–H and O–H groups in total. The number of methoxy groups -OCH3 is 1. The van der Waals surface area contributed by atoms with Crippen molar-refractivity contribution in [2.45, 2.75) is 6.42 Å². The van der Waals surface area contributed by atoms with Gasteiger partial charge in [-0.2, -0.15) is 0 Å². The van der Waals surface area contributed by atoms with Crippen molar-refractivity contribution in [1.29, 1.82) is 0 Å². The average molecular weight is 209 g/mol. The molecule has 0 aromatic heterocycles. The molecule has 2 nitrogen and oxygen atoms in total. The van der Waals surface area contributed by atoms with Crippen molar-refractivity contribution in [3.63, 3.8) is 0 Å². The summed E-state index contributed by atoms with van der Waals surface area (Å²) < 4.78 is 18.1. The van der Waals surface area contributed by atoms with Crippen LogP contribution in [-0.4, -0.2) is 20.7 Å². The van der Waals surface area contributed by atoms with Crippen molar-refractivity contribution in [1.82, 2.24) is 5.32 Å². The molecule has 0 saturated heterocycles. The SMILES string of the molecule is CNCCC=Cc1cc(F)ccc1OC. The monoisotopic (exact) mass is 209 g/mol. The normalized spacial score (nSPS) is 10.9. The molecular formula is C12H16FNO. The van der Waals surface area contributed by atoms with Crippen LogP contribution in [0.15, 0.2) is 24.3 Å².